The number of carbonyl (C=O) groups excluding carboxylic acids is 1. The molecule has 3 aromatic carbocycles. The zero-order valence-corrected chi connectivity index (χ0v) is 22.4. The van der Waals surface area contributed by atoms with Crippen molar-refractivity contribution < 1.29 is 9.18 Å². The number of aryl methyl sites for hydroxylation is 1. The average Bonchev–Trinajstić information content (AvgIpc) is 3.54. The Labute approximate surface area is 229 Å². The van der Waals surface area contributed by atoms with E-state index in [1.54, 1.807) is 16.3 Å². The molecular weight excluding hydrogens is 517 g/mol. The first-order valence-corrected chi connectivity index (χ1v) is 14.0. The lowest BCUT2D eigenvalue weighted by atomic mass is 9.76. The molecule has 6 nitrogen and oxygen atoms in total. The molecule has 0 aliphatic heterocycles. The van der Waals surface area contributed by atoms with Crippen molar-refractivity contribution in [3.05, 3.63) is 126 Å². The zero-order chi connectivity index (χ0) is 26.4. The number of carbonyl (C=O) groups is 1. The number of hydrogen-bond donors (Lipinski definition) is 1. The standard InChI is InChI=1S/C29H26FN5OS2/c1-21(36)31-27-33-34-28(38-27)37-19-11-18-25-20-35(26(30)32-25)29(22-12-5-2-6-13-22,23-14-7-3-8-15-23)24-16-9-4-10-17-24/h2-10,12-17,20H,11,18-19H2,1H3,(H,31,33,36). The number of aromatic nitrogens is 4. The van der Waals surface area contributed by atoms with Crippen LogP contribution in [0.1, 0.15) is 35.7 Å². The Morgan fingerprint density at radius 2 is 1.47 bits per heavy atom. The minimum Gasteiger partial charge on any atom is -0.301 e. The van der Waals surface area contributed by atoms with Crippen molar-refractivity contribution in [3.8, 4) is 0 Å². The van der Waals surface area contributed by atoms with Gasteiger partial charge in [-0.2, -0.15) is 4.39 Å². The normalized spacial score (nSPS) is 11.4. The number of amides is 1. The molecule has 5 rings (SSSR count). The summed E-state index contributed by atoms with van der Waals surface area (Å²) < 4.78 is 18.3. The van der Waals surface area contributed by atoms with Gasteiger partial charge >= 0.3 is 0 Å². The van der Waals surface area contributed by atoms with Crippen LogP contribution in [0.3, 0.4) is 0 Å². The van der Waals surface area contributed by atoms with Gasteiger partial charge in [-0.1, -0.05) is 114 Å². The summed E-state index contributed by atoms with van der Waals surface area (Å²) >= 11 is 2.90. The van der Waals surface area contributed by atoms with Crippen LogP contribution < -0.4 is 5.32 Å². The smallest absolute Gasteiger partial charge is 0.290 e. The molecule has 0 fully saturated rings. The van der Waals surface area contributed by atoms with E-state index in [9.17, 15) is 4.79 Å². The van der Waals surface area contributed by atoms with Crippen LogP contribution in [-0.4, -0.2) is 31.4 Å². The molecule has 0 radical (unpaired) electrons. The van der Waals surface area contributed by atoms with E-state index in [1.807, 2.05) is 97.2 Å². The number of nitrogens with zero attached hydrogens (tertiary/aromatic N) is 4. The van der Waals surface area contributed by atoms with Crippen LogP contribution in [0.2, 0.25) is 0 Å². The van der Waals surface area contributed by atoms with Crippen LogP contribution in [0.25, 0.3) is 0 Å². The van der Waals surface area contributed by atoms with Crippen LogP contribution in [0.5, 0.6) is 0 Å². The second-order valence-electron chi connectivity index (χ2n) is 8.69. The Morgan fingerprint density at radius 1 is 0.921 bits per heavy atom. The van der Waals surface area contributed by atoms with Gasteiger partial charge in [0, 0.05) is 18.9 Å². The van der Waals surface area contributed by atoms with Crippen molar-refractivity contribution in [2.45, 2.75) is 29.6 Å². The van der Waals surface area contributed by atoms with Gasteiger partial charge in [-0.25, -0.2) is 4.98 Å². The molecule has 0 atom stereocenters. The highest BCUT2D eigenvalue weighted by Gasteiger charge is 2.40. The molecule has 0 unspecified atom stereocenters. The van der Waals surface area contributed by atoms with Gasteiger partial charge in [0.05, 0.1) is 5.69 Å². The van der Waals surface area contributed by atoms with E-state index in [-0.39, 0.29) is 5.91 Å². The number of nitrogens with one attached hydrogen (secondary N) is 1. The predicted molar refractivity (Wildman–Crippen MR) is 150 cm³/mol. The van der Waals surface area contributed by atoms with Gasteiger partial charge < -0.3 is 5.32 Å². The Bertz CT molecular complexity index is 1390. The third-order valence-corrected chi connectivity index (χ3v) is 8.20. The van der Waals surface area contributed by atoms with Gasteiger partial charge in [-0.05, 0) is 29.5 Å². The van der Waals surface area contributed by atoms with Crippen LogP contribution in [0.15, 0.2) is 102 Å². The SMILES string of the molecule is CC(=O)Nc1nnc(SCCCc2cn(C(c3ccccc3)(c3ccccc3)c3ccccc3)c(F)n2)s1. The fourth-order valence-electron chi connectivity index (χ4n) is 4.60. The first kappa shape index (κ1) is 25.8. The molecule has 0 aliphatic carbocycles. The summed E-state index contributed by atoms with van der Waals surface area (Å²) in [5.41, 5.74) is 2.60. The number of thioether (sulfide) groups is 1. The van der Waals surface area contributed by atoms with Crippen molar-refractivity contribution in [2.24, 2.45) is 0 Å². The van der Waals surface area contributed by atoms with Crippen molar-refractivity contribution in [2.75, 3.05) is 11.1 Å². The van der Waals surface area contributed by atoms with Crippen LogP contribution in [0.4, 0.5) is 9.52 Å². The van der Waals surface area contributed by atoms with E-state index in [1.165, 1.54) is 18.3 Å². The molecule has 2 heterocycles. The van der Waals surface area contributed by atoms with Crippen molar-refractivity contribution in [1.82, 2.24) is 19.7 Å². The number of imidazole rings is 1. The monoisotopic (exact) mass is 543 g/mol. The van der Waals surface area contributed by atoms with E-state index in [0.29, 0.717) is 17.2 Å². The van der Waals surface area contributed by atoms with Crippen molar-refractivity contribution in [1.29, 1.82) is 0 Å². The lowest BCUT2D eigenvalue weighted by molar-refractivity contribution is -0.114. The maximum absolute atomic E-state index is 15.8. The Balaban J connectivity index is 1.45. The minimum absolute atomic E-state index is 0.173. The number of anilines is 1. The first-order valence-electron chi connectivity index (χ1n) is 12.2. The summed E-state index contributed by atoms with van der Waals surface area (Å²) in [6, 6.07) is 30.0. The number of hydrogen-bond acceptors (Lipinski definition) is 6. The van der Waals surface area contributed by atoms with Gasteiger partial charge in [0.1, 0.15) is 5.54 Å². The van der Waals surface area contributed by atoms with Crippen LogP contribution in [0, 0.1) is 6.08 Å². The Kier molecular flexibility index (Phi) is 7.95. The van der Waals surface area contributed by atoms with Crippen molar-refractivity contribution >= 4 is 34.1 Å². The maximum Gasteiger partial charge on any atom is 0.290 e. The molecule has 1 amide bonds. The highest BCUT2D eigenvalue weighted by atomic mass is 32.2. The van der Waals surface area contributed by atoms with Gasteiger partial charge in [-0.3, -0.25) is 9.36 Å². The lowest BCUT2D eigenvalue weighted by Crippen LogP contribution is -2.38. The number of rotatable bonds is 10. The van der Waals surface area contributed by atoms with E-state index >= 15 is 4.39 Å². The average molecular weight is 544 g/mol. The highest BCUT2D eigenvalue weighted by Crippen LogP contribution is 2.41. The summed E-state index contributed by atoms with van der Waals surface area (Å²) in [5.74, 6) is 0.595. The maximum atomic E-state index is 15.8. The van der Waals surface area contributed by atoms with Gasteiger partial charge in [0.2, 0.25) is 11.0 Å². The van der Waals surface area contributed by atoms with Gasteiger partial charge in [0.15, 0.2) is 4.34 Å². The molecule has 1 N–H and O–H groups in total. The summed E-state index contributed by atoms with van der Waals surface area (Å²) in [4.78, 5) is 15.5. The van der Waals surface area contributed by atoms with Crippen molar-refractivity contribution in [3.63, 3.8) is 0 Å². The largest absolute Gasteiger partial charge is 0.301 e. The summed E-state index contributed by atoms with van der Waals surface area (Å²) in [5, 5.41) is 11.2. The Morgan fingerprint density at radius 3 is 2.00 bits per heavy atom. The third-order valence-electron chi connectivity index (χ3n) is 6.14. The molecule has 0 aliphatic rings. The van der Waals surface area contributed by atoms with E-state index in [2.05, 4.69) is 20.5 Å². The van der Waals surface area contributed by atoms with Crippen LogP contribution in [-0.2, 0) is 16.8 Å². The molecule has 0 spiro atoms. The first-order chi connectivity index (χ1) is 18.6. The zero-order valence-electron chi connectivity index (χ0n) is 20.8. The number of benzene rings is 3. The van der Waals surface area contributed by atoms with Gasteiger partial charge in [-0.15, -0.1) is 10.2 Å². The molecule has 2 aromatic heterocycles. The number of halogens is 1. The topological polar surface area (TPSA) is 72.7 Å². The highest BCUT2D eigenvalue weighted by molar-refractivity contribution is 8.01. The molecule has 5 aromatic rings. The summed E-state index contributed by atoms with van der Waals surface area (Å²) in [6.07, 6.45) is 2.70. The predicted octanol–water partition coefficient (Wildman–Crippen LogP) is 6.40. The molecule has 0 saturated carbocycles. The van der Waals surface area contributed by atoms with Crippen LogP contribution >= 0.6 is 23.1 Å². The fraction of sp³-hybridized carbons (Fsp3) is 0.172. The second-order valence-corrected chi connectivity index (χ2v) is 11.0. The van der Waals surface area contributed by atoms with E-state index < -0.39 is 11.6 Å². The quantitative estimate of drug-likeness (QED) is 0.0956. The fourth-order valence-corrected chi connectivity index (χ4v) is 6.40. The van der Waals surface area contributed by atoms with Gasteiger partial charge in [0.25, 0.3) is 6.08 Å². The summed E-state index contributed by atoms with van der Waals surface area (Å²) in [7, 11) is 0. The van der Waals surface area contributed by atoms with E-state index in [0.717, 1.165) is 33.2 Å². The third kappa shape index (κ3) is 5.39. The molecule has 0 bridgehead atoms. The Hall–Kier alpha value is -3.82. The minimum atomic E-state index is -0.930. The molecule has 38 heavy (non-hydrogen) atoms. The molecule has 192 valence electrons. The van der Waals surface area contributed by atoms with E-state index in [4.69, 9.17) is 0 Å². The molecule has 0 saturated heterocycles. The molecule has 9 heteroatoms. The molecular formula is C29H26FN5OS2. The summed E-state index contributed by atoms with van der Waals surface area (Å²) in [6.45, 7) is 1.44. The second kappa shape index (κ2) is 11.7. The lowest BCUT2D eigenvalue weighted by Gasteiger charge is -2.37.